The highest BCUT2D eigenvalue weighted by Gasteiger charge is 2.24. The summed E-state index contributed by atoms with van der Waals surface area (Å²) in [6, 6.07) is 5.95. The monoisotopic (exact) mass is 261 g/mol. The molecule has 0 aliphatic carbocycles. The number of hydrogen-bond donors (Lipinski definition) is 1. The van der Waals surface area contributed by atoms with E-state index in [0.29, 0.717) is 11.7 Å². The molecule has 1 aromatic carbocycles. The quantitative estimate of drug-likeness (QED) is 0.843. The first-order valence-electron chi connectivity index (χ1n) is 6.81. The summed E-state index contributed by atoms with van der Waals surface area (Å²) in [5, 5.41) is 0. The lowest BCUT2D eigenvalue weighted by molar-refractivity contribution is 0.0761. The lowest BCUT2D eigenvalue weighted by Crippen LogP contribution is -2.39. The Kier molecular flexibility index (Phi) is 4.10. The van der Waals surface area contributed by atoms with E-state index < -0.39 is 0 Å². The van der Waals surface area contributed by atoms with E-state index in [1.165, 1.54) is 12.8 Å². The molecule has 2 rings (SSSR count). The number of nitrogens with zero attached hydrogens (tertiary/aromatic N) is 2. The average molecular weight is 261 g/mol. The van der Waals surface area contributed by atoms with Crippen molar-refractivity contribution in [3.05, 3.63) is 29.3 Å². The van der Waals surface area contributed by atoms with E-state index in [-0.39, 0.29) is 5.91 Å². The molecular formula is C15H23N3O. The smallest absolute Gasteiger partial charge is 0.253 e. The fourth-order valence-electron chi connectivity index (χ4n) is 2.74. The zero-order valence-corrected chi connectivity index (χ0v) is 12.0. The van der Waals surface area contributed by atoms with Crippen LogP contribution < -0.4 is 5.73 Å². The van der Waals surface area contributed by atoms with Crippen molar-refractivity contribution in [2.45, 2.75) is 25.8 Å². The number of nitrogens with two attached hydrogens (primary N) is 1. The normalized spacial score (nSPS) is 19.6. The van der Waals surface area contributed by atoms with E-state index in [1.54, 1.807) is 6.07 Å². The Morgan fingerprint density at radius 2 is 2.26 bits per heavy atom. The molecule has 0 spiro atoms. The highest BCUT2D eigenvalue weighted by atomic mass is 16.2. The topological polar surface area (TPSA) is 49.6 Å². The van der Waals surface area contributed by atoms with Crippen LogP contribution in [0.2, 0.25) is 0 Å². The maximum absolute atomic E-state index is 12.4. The van der Waals surface area contributed by atoms with Gasteiger partial charge in [0.05, 0.1) is 0 Å². The fraction of sp³-hybridized carbons (Fsp3) is 0.533. The van der Waals surface area contributed by atoms with E-state index in [9.17, 15) is 4.79 Å². The zero-order chi connectivity index (χ0) is 14.0. The van der Waals surface area contributed by atoms with Crippen molar-refractivity contribution in [3.63, 3.8) is 0 Å². The molecule has 1 aliphatic rings. The Bertz CT molecular complexity index is 472. The minimum atomic E-state index is 0.0813. The lowest BCUT2D eigenvalue weighted by Gasteiger charge is -2.26. The number of carbonyl (C=O) groups is 1. The van der Waals surface area contributed by atoms with Crippen molar-refractivity contribution in [2.75, 3.05) is 32.9 Å². The van der Waals surface area contributed by atoms with Gasteiger partial charge in [-0.1, -0.05) is 0 Å². The van der Waals surface area contributed by atoms with Crippen LogP contribution in [-0.4, -0.2) is 48.9 Å². The number of likely N-dealkylation sites (tertiary alicyclic amines) is 1. The first kappa shape index (κ1) is 13.9. The Morgan fingerprint density at radius 1 is 1.53 bits per heavy atom. The van der Waals surface area contributed by atoms with Gasteiger partial charge in [0, 0.05) is 30.9 Å². The zero-order valence-electron chi connectivity index (χ0n) is 12.0. The van der Waals surface area contributed by atoms with Crippen molar-refractivity contribution in [1.29, 1.82) is 0 Å². The predicted octanol–water partition coefficient (Wildman–Crippen LogP) is 1.74. The number of rotatable bonds is 3. The van der Waals surface area contributed by atoms with Gasteiger partial charge in [-0.15, -0.1) is 0 Å². The van der Waals surface area contributed by atoms with Crippen molar-refractivity contribution in [2.24, 2.45) is 0 Å². The van der Waals surface area contributed by atoms with Gasteiger partial charge < -0.3 is 15.5 Å². The third kappa shape index (κ3) is 3.07. The molecule has 0 saturated carbocycles. The highest BCUT2D eigenvalue weighted by Crippen LogP contribution is 2.18. The minimum absolute atomic E-state index is 0.0813. The Morgan fingerprint density at radius 3 is 2.84 bits per heavy atom. The molecule has 1 aliphatic heterocycles. The maximum atomic E-state index is 12.4. The van der Waals surface area contributed by atoms with E-state index in [0.717, 1.165) is 24.2 Å². The van der Waals surface area contributed by atoms with E-state index in [2.05, 4.69) is 11.9 Å². The molecule has 1 unspecified atom stereocenters. The van der Waals surface area contributed by atoms with Gasteiger partial charge in [-0.25, -0.2) is 0 Å². The van der Waals surface area contributed by atoms with E-state index >= 15 is 0 Å². The summed E-state index contributed by atoms with van der Waals surface area (Å²) in [5.74, 6) is 0.0813. The SMILES string of the molecule is Cc1cc(N)ccc1C(=O)N(C)CC1CCCN1C. The molecule has 1 atom stereocenters. The summed E-state index contributed by atoms with van der Waals surface area (Å²) in [4.78, 5) is 16.6. The molecule has 0 bridgehead atoms. The van der Waals surface area contributed by atoms with Crippen molar-refractivity contribution in [3.8, 4) is 0 Å². The molecule has 4 nitrogen and oxygen atoms in total. The van der Waals surface area contributed by atoms with Gasteiger partial charge in [0.15, 0.2) is 0 Å². The van der Waals surface area contributed by atoms with Gasteiger partial charge in [0.1, 0.15) is 0 Å². The number of nitrogen functional groups attached to an aromatic ring is 1. The number of carbonyl (C=O) groups excluding carboxylic acids is 1. The first-order chi connectivity index (χ1) is 8.99. The molecule has 0 aromatic heterocycles. The van der Waals surface area contributed by atoms with Crippen LogP contribution in [0.3, 0.4) is 0 Å². The molecule has 1 heterocycles. The number of anilines is 1. The third-order valence-corrected chi connectivity index (χ3v) is 3.98. The summed E-state index contributed by atoms with van der Waals surface area (Å²) < 4.78 is 0. The predicted molar refractivity (Wildman–Crippen MR) is 78.2 cm³/mol. The largest absolute Gasteiger partial charge is 0.399 e. The third-order valence-electron chi connectivity index (χ3n) is 3.98. The molecule has 4 heteroatoms. The number of likely N-dealkylation sites (N-methyl/N-ethyl adjacent to an activating group) is 2. The molecule has 1 aromatic rings. The summed E-state index contributed by atoms with van der Waals surface area (Å²) in [6.45, 7) is 3.85. The molecule has 1 amide bonds. The summed E-state index contributed by atoms with van der Waals surface area (Å²) in [6.07, 6.45) is 2.40. The summed E-state index contributed by atoms with van der Waals surface area (Å²) in [7, 11) is 4.01. The van der Waals surface area contributed by atoms with Crippen LogP contribution in [0.15, 0.2) is 18.2 Å². The standard InChI is InChI=1S/C15H23N3O/c1-11-9-12(16)6-7-14(11)15(19)18(3)10-13-5-4-8-17(13)2/h6-7,9,13H,4-5,8,10,16H2,1-3H3. The summed E-state index contributed by atoms with van der Waals surface area (Å²) >= 11 is 0. The van der Waals surface area contributed by atoms with E-state index in [4.69, 9.17) is 5.73 Å². The van der Waals surface area contributed by atoms with Gasteiger partial charge in [-0.3, -0.25) is 4.79 Å². The van der Waals surface area contributed by atoms with Gasteiger partial charge >= 0.3 is 0 Å². The van der Waals surface area contributed by atoms with Crippen LogP contribution in [0.25, 0.3) is 0 Å². The van der Waals surface area contributed by atoms with Crippen molar-refractivity contribution >= 4 is 11.6 Å². The van der Waals surface area contributed by atoms with Crippen LogP contribution in [0.1, 0.15) is 28.8 Å². The Hall–Kier alpha value is -1.55. The van der Waals surface area contributed by atoms with Crippen molar-refractivity contribution in [1.82, 2.24) is 9.80 Å². The molecule has 0 radical (unpaired) electrons. The molecule has 19 heavy (non-hydrogen) atoms. The Labute approximate surface area is 115 Å². The second-order valence-corrected chi connectivity index (χ2v) is 5.54. The second-order valence-electron chi connectivity index (χ2n) is 5.54. The fourth-order valence-corrected chi connectivity index (χ4v) is 2.74. The highest BCUT2D eigenvalue weighted by molar-refractivity contribution is 5.95. The number of aryl methyl sites for hydroxylation is 1. The van der Waals surface area contributed by atoms with E-state index in [1.807, 2.05) is 31.0 Å². The average Bonchev–Trinajstić information content (AvgIpc) is 2.74. The number of amides is 1. The molecule has 1 fully saturated rings. The second kappa shape index (κ2) is 5.61. The summed E-state index contributed by atoms with van der Waals surface area (Å²) in [5.41, 5.74) is 8.11. The minimum Gasteiger partial charge on any atom is -0.399 e. The van der Waals surface area contributed by atoms with Crippen LogP contribution in [-0.2, 0) is 0 Å². The molecular weight excluding hydrogens is 238 g/mol. The van der Waals surface area contributed by atoms with Crippen LogP contribution in [0.4, 0.5) is 5.69 Å². The Balaban J connectivity index is 2.06. The molecule has 104 valence electrons. The molecule has 1 saturated heterocycles. The number of benzene rings is 1. The van der Waals surface area contributed by atoms with Gasteiger partial charge in [-0.2, -0.15) is 0 Å². The van der Waals surface area contributed by atoms with Gasteiger partial charge in [-0.05, 0) is 57.1 Å². The van der Waals surface area contributed by atoms with Crippen LogP contribution >= 0.6 is 0 Å². The molecule has 2 N–H and O–H groups in total. The van der Waals surface area contributed by atoms with Gasteiger partial charge in [0.25, 0.3) is 5.91 Å². The maximum Gasteiger partial charge on any atom is 0.253 e. The number of hydrogen-bond acceptors (Lipinski definition) is 3. The van der Waals surface area contributed by atoms with Crippen LogP contribution in [0.5, 0.6) is 0 Å². The lowest BCUT2D eigenvalue weighted by atomic mass is 10.1. The first-order valence-corrected chi connectivity index (χ1v) is 6.81. The van der Waals surface area contributed by atoms with Crippen molar-refractivity contribution < 1.29 is 4.79 Å². The van der Waals surface area contributed by atoms with Gasteiger partial charge in [0.2, 0.25) is 0 Å². The van der Waals surface area contributed by atoms with Crippen LogP contribution in [0, 0.1) is 6.92 Å².